The second-order valence-corrected chi connectivity index (χ2v) is 5.33. The fraction of sp³-hybridized carbons (Fsp3) is 0.625. The maximum absolute atomic E-state index is 9.29. The minimum absolute atomic E-state index is 0.320. The van der Waals surface area contributed by atoms with Gasteiger partial charge in [0.2, 0.25) is 0 Å². The first-order chi connectivity index (χ1) is 9.13. The highest BCUT2D eigenvalue weighted by atomic mass is 16.5. The lowest BCUT2D eigenvalue weighted by molar-refractivity contribution is 0.107. The largest absolute Gasteiger partial charge is 0.508 e. The van der Waals surface area contributed by atoms with Crippen molar-refractivity contribution in [2.75, 3.05) is 19.8 Å². The first kappa shape index (κ1) is 16.0. The Labute approximate surface area is 117 Å². The molecule has 3 nitrogen and oxygen atoms in total. The number of benzene rings is 1. The van der Waals surface area contributed by atoms with E-state index in [2.05, 4.69) is 26.1 Å². The second kappa shape index (κ2) is 8.94. The van der Waals surface area contributed by atoms with Gasteiger partial charge in [-0.3, -0.25) is 0 Å². The predicted molar refractivity (Wildman–Crippen MR) is 79.4 cm³/mol. The van der Waals surface area contributed by atoms with E-state index in [1.165, 1.54) is 5.56 Å². The summed E-state index contributed by atoms with van der Waals surface area (Å²) in [6.45, 7) is 9.11. The van der Waals surface area contributed by atoms with Crippen molar-refractivity contribution in [1.82, 2.24) is 5.32 Å². The maximum Gasteiger partial charge on any atom is 0.115 e. The van der Waals surface area contributed by atoms with Crippen LogP contribution < -0.4 is 5.32 Å². The zero-order valence-corrected chi connectivity index (χ0v) is 12.4. The van der Waals surface area contributed by atoms with Gasteiger partial charge in [-0.2, -0.15) is 0 Å². The van der Waals surface area contributed by atoms with Gasteiger partial charge in [-0.15, -0.1) is 0 Å². The van der Waals surface area contributed by atoms with Crippen molar-refractivity contribution in [3.05, 3.63) is 29.8 Å². The Morgan fingerprint density at radius 1 is 1.21 bits per heavy atom. The molecule has 108 valence electrons. The van der Waals surface area contributed by atoms with Crippen molar-refractivity contribution in [2.24, 2.45) is 5.92 Å². The summed E-state index contributed by atoms with van der Waals surface area (Å²) in [4.78, 5) is 0. The topological polar surface area (TPSA) is 41.5 Å². The Morgan fingerprint density at radius 2 is 1.89 bits per heavy atom. The Hall–Kier alpha value is -1.06. The molecule has 1 aromatic carbocycles. The summed E-state index contributed by atoms with van der Waals surface area (Å²) < 4.78 is 5.56. The van der Waals surface area contributed by atoms with E-state index in [4.69, 9.17) is 4.74 Å². The molecular formula is C16H27NO2. The van der Waals surface area contributed by atoms with Crippen LogP contribution in [0.25, 0.3) is 0 Å². The minimum atomic E-state index is 0.320. The quantitative estimate of drug-likeness (QED) is 0.671. The maximum atomic E-state index is 9.29. The van der Waals surface area contributed by atoms with Crippen LogP contribution in [0.5, 0.6) is 5.75 Å². The van der Waals surface area contributed by atoms with Gasteiger partial charge in [0.05, 0.1) is 0 Å². The number of hydrogen-bond acceptors (Lipinski definition) is 3. The lowest BCUT2D eigenvalue weighted by Gasteiger charge is -2.17. The summed E-state index contributed by atoms with van der Waals surface area (Å²) in [7, 11) is 0. The molecule has 19 heavy (non-hydrogen) atoms. The van der Waals surface area contributed by atoms with Crippen molar-refractivity contribution in [3.63, 3.8) is 0 Å². The molecule has 1 atom stereocenters. The van der Waals surface area contributed by atoms with E-state index >= 15 is 0 Å². The fourth-order valence-electron chi connectivity index (χ4n) is 1.97. The standard InChI is InChI=1S/C16H27NO2/c1-4-16(14-6-8-15(18)9-7-14)17-10-5-11-19-12-13(2)3/h6-9,13,16-18H,4-5,10-12H2,1-3H3. The van der Waals surface area contributed by atoms with Crippen LogP contribution in [0.1, 0.15) is 45.2 Å². The van der Waals surface area contributed by atoms with E-state index in [1.807, 2.05) is 12.1 Å². The molecule has 1 unspecified atom stereocenters. The van der Waals surface area contributed by atoms with E-state index in [0.29, 0.717) is 17.7 Å². The number of hydrogen-bond donors (Lipinski definition) is 2. The summed E-state index contributed by atoms with van der Waals surface area (Å²) >= 11 is 0. The van der Waals surface area contributed by atoms with Gasteiger partial charge in [0, 0.05) is 19.3 Å². The highest BCUT2D eigenvalue weighted by Gasteiger charge is 2.07. The van der Waals surface area contributed by atoms with E-state index < -0.39 is 0 Å². The normalized spacial score (nSPS) is 12.8. The molecule has 0 saturated heterocycles. The van der Waals surface area contributed by atoms with Gasteiger partial charge in [-0.25, -0.2) is 0 Å². The van der Waals surface area contributed by atoms with Crippen LogP contribution >= 0.6 is 0 Å². The van der Waals surface area contributed by atoms with Gasteiger partial charge in [0.1, 0.15) is 5.75 Å². The fourth-order valence-corrected chi connectivity index (χ4v) is 1.97. The van der Waals surface area contributed by atoms with Gasteiger partial charge in [0.15, 0.2) is 0 Å². The van der Waals surface area contributed by atoms with Gasteiger partial charge >= 0.3 is 0 Å². The van der Waals surface area contributed by atoms with Crippen LogP contribution in [0.3, 0.4) is 0 Å². The summed E-state index contributed by atoms with van der Waals surface area (Å²) in [5.74, 6) is 0.925. The number of nitrogens with one attached hydrogen (secondary N) is 1. The average Bonchev–Trinajstić information content (AvgIpc) is 2.39. The van der Waals surface area contributed by atoms with Crippen molar-refractivity contribution < 1.29 is 9.84 Å². The molecule has 0 heterocycles. The van der Waals surface area contributed by atoms with Gasteiger partial charge in [-0.1, -0.05) is 32.9 Å². The Balaban J connectivity index is 2.24. The monoisotopic (exact) mass is 265 g/mol. The molecule has 0 aromatic heterocycles. The molecule has 0 saturated carbocycles. The van der Waals surface area contributed by atoms with Crippen molar-refractivity contribution >= 4 is 0 Å². The average molecular weight is 265 g/mol. The van der Waals surface area contributed by atoms with E-state index in [1.54, 1.807) is 12.1 Å². The van der Waals surface area contributed by atoms with Gasteiger partial charge in [0.25, 0.3) is 0 Å². The molecule has 0 bridgehead atoms. The SMILES string of the molecule is CCC(NCCCOCC(C)C)c1ccc(O)cc1. The van der Waals surface area contributed by atoms with Crippen LogP contribution in [-0.2, 0) is 4.74 Å². The zero-order valence-electron chi connectivity index (χ0n) is 12.4. The third-order valence-corrected chi connectivity index (χ3v) is 3.01. The highest BCUT2D eigenvalue weighted by molar-refractivity contribution is 5.27. The molecule has 3 heteroatoms. The Bertz CT molecular complexity index is 335. The molecule has 0 aliphatic carbocycles. The molecule has 0 spiro atoms. The Morgan fingerprint density at radius 3 is 2.47 bits per heavy atom. The number of ether oxygens (including phenoxy) is 1. The molecule has 0 aliphatic heterocycles. The smallest absolute Gasteiger partial charge is 0.115 e. The first-order valence-electron chi connectivity index (χ1n) is 7.23. The van der Waals surface area contributed by atoms with Crippen molar-refractivity contribution in [1.29, 1.82) is 0 Å². The van der Waals surface area contributed by atoms with Crippen LogP contribution in [0.4, 0.5) is 0 Å². The summed E-state index contributed by atoms with van der Waals surface area (Å²) in [5.41, 5.74) is 1.23. The van der Waals surface area contributed by atoms with E-state index in [0.717, 1.165) is 32.6 Å². The first-order valence-corrected chi connectivity index (χ1v) is 7.23. The molecule has 0 amide bonds. The molecule has 0 aliphatic rings. The van der Waals surface area contributed by atoms with Crippen LogP contribution in [0.2, 0.25) is 0 Å². The van der Waals surface area contributed by atoms with E-state index in [9.17, 15) is 5.11 Å². The lowest BCUT2D eigenvalue weighted by atomic mass is 10.0. The molecule has 0 radical (unpaired) electrons. The molecular weight excluding hydrogens is 238 g/mol. The predicted octanol–water partition coefficient (Wildman–Crippen LogP) is 3.50. The van der Waals surface area contributed by atoms with E-state index in [-0.39, 0.29) is 0 Å². The zero-order chi connectivity index (χ0) is 14.1. The summed E-state index contributed by atoms with van der Waals surface area (Å²) in [6, 6.07) is 7.79. The summed E-state index contributed by atoms with van der Waals surface area (Å²) in [6.07, 6.45) is 2.07. The van der Waals surface area contributed by atoms with Crippen molar-refractivity contribution in [2.45, 2.75) is 39.7 Å². The second-order valence-electron chi connectivity index (χ2n) is 5.33. The van der Waals surface area contributed by atoms with Crippen molar-refractivity contribution in [3.8, 4) is 5.75 Å². The molecule has 1 aromatic rings. The third-order valence-electron chi connectivity index (χ3n) is 3.01. The minimum Gasteiger partial charge on any atom is -0.508 e. The summed E-state index contributed by atoms with van der Waals surface area (Å²) in [5, 5.41) is 12.8. The number of rotatable bonds is 9. The number of phenolic OH excluding ortho intramolecular Hbond substituents is 1. The molecule has 1 rings (SSSR count). The number of aromatic hydroxyl groups is 1. The van der Waals surface area contributed by atoms with Crippen LogP contribution in [-0.4, -0.2) is 24.9 Å². The Kier molecular flexibility index (Phi) is 7.53. The lowest BCUT2D eigenvalue weighted by Crippen LogP contribution is -2.23. The van der Waals surface area contributed by atoms with Crippen LogP contribution in [0.15, 0.2) is 24.3 Å². The van der Waals surface area contributed by atoms with Gasteiger partial charge < -0.3 is 15.2 Å². The highest BCUT2D eigenvalue weighted by Crippen LogP contribution is 2.19. The molecule has 2 N–H and O–H groups in total. The van der Waals surface area contributed by atoms with Gasteiger partial charge in [-0.05, 0) is 43.0 Å². The number of phenols is 1. The van der Waals surface area contributed by atoms with Crippen LogP contribution in [0, 0.1) is 5.92 Å². The third kappa shape index (κ3) is 6.60. The molecule has 0 fully saturated rings.